The standard InChI is InChI=1S/C14H19ClN2O2/c15-11-12-6-7-13(14(10-12)17(18)19)16-8-4-2-1-3-5-9-16/h6-7,10H,1-5,8-9,11H2. The molecule has 0 aliphatic carbocycles. The molecule has 1 aliphatic heterocycles. The van der Waals surface area contributed by atoms with Crippen molar-refractivity contribution in [3.63, 3.8) is 0 Å². The SMILES string of the molecule is O=[N+]([O-])c1cc(CCl)ccc1N1CCCCCCC1. The molecule has 0 N–H and O–H groups in total. The Hall–Kier alpha value is -1.29. The second kappa shape index (κ2) is 6.75. The fourth-order valence-corrected chi connectivity index (χ4v) is 2.72. The van der Waals surface area contributed by atoms with Crippen LogP contribution in [0, 0.1) is 10.1 Å². The van der Waals surface area contributed by atoms with Gasteiger partial charge in [0.25, 0.3) is 5.69 Å². The molecule has 1 fully saturated rings. The van der Waals surface area contributed by atoms with Crippen molar-refractivity contribution in [2.75, 3.05) is 18.0 Å². The molecule has 0 radical (unpaired) electrons. The van der Waals surface area contributed by atoms with Crippen molar-refractivity contribution in [2.45, 2.75) is 38.0 Å². The van der Waals surface area contributed by atoms with Gasteiger partial charge < -0.3 is 4.90 Å². The van der Waals surface area contributed by atoms with Gasteiger partial charge in [-0.1, -0.05) is 25.3 Å². The molecule has 19 heavy (non-hydrogen) atoms. The molecule has 1 saturated heterocycles. The number of nitro benzene ring substituents is 1. The normalized spacial score (nSPS) is 16.8. The summed E-state index contributed by atoms with van der Waals surface area (Å²) >= 11 is 5.75. The Balaban J connectivity index is 2.28. The quantitative estimate of drug-likeness (QED) is 0.476. The Morgan fingerprint density at radius 1 is 1.16 bits per heavy atom. The van der Waals surface area contributed by atoms with Crippen LogP contribution in [0.4, 0.5) is 11.4 Å². The number of halogens is 1. The van der Waals surface area contributed by atoms with E-state index in [1.807, 2.05) is 12.1 Å². The Labute approximate surface area is 118 Å². The van der Waals surface area contributed by atoms with Gasteiger partial charge in [-0.2, -0.15) is 0 Å². The zero-order valence-corrected chi connectivity index (χ0v) is 11.7. The lowest BCUT2D eigenvalue weighted by atomic mass is 10.1. The molecule has 0 spiro atoms. The van der Waals surface area contributed by atoms with E-state index in [9.17, 15) is 10.1 Å². The van der Waals surface area contributed by atoms with Gasteiger partial charge in [0.15, 0.2) is 0 Å². The number of anilines is 1. The molecular weight excluding hydrogens is 264 g/mol. The van der Waals surface area contributed by atoms with Crippen molar-refractivity contribution in [1.29, 1.82) is 0 Å². The van der Waals surface area contributed by atoms with Crippen LogP contribution in [0.15, 0.2) is 18.2 Å². The van der Waals surface area contributed by atoms with Crippen LogP contribution in [-0.2, 0) is 5.88 Å². The highest BCUT2D eigenvalue weighted by molar-refractivity contribution is 6.17. The summed E-state index contributed by atoms with van der Waals surface area (Å²) in [4.78, 5) is 13.1. The first-order chi connectivity index (χ1) is 9.22. The van der Waals surface area contributed by atoms with Crippen LogP contribution in [0.1, 0.15) is 37.7 Å². The molecule has 1 aromatic rings. The van der Waals surface area contributed by atoms with Gasteiger partial charge in [-0.15, -0.1) is 11.6 Å². The summed E-state index contributed by atoms with van der Waals surface area (Å²) in [5.41, 5.74) is 1.71. The lowest BCUT2D eigenvalue weighted by Crippen LogP contribution is -2.27. The zero-order chi connectivity index (χ0) is 13.7. The summed E-state index contributed by atoms with van der Waals surface area (Å²) in [6.07, 6.45) is 5.91. The summed E-state index contributed by atoms with van der Waals surface area (Å²) in [7, 11) is 0. The van der Waals surface area contributed by atoms with Crippen LogP contribution >= 0.6 is 11.6 Å². The van der Waals surface area contributed by atoms with Crippen LogP contribution < -0.4 is 4.90 Å². The highest BCUT2D eigenvalue weighted by Crippen LogP contribution is 2.31. The van der Waals surface area contributed by atoms with Crippen LogP contribution in [-0.4, -0.2) is 18.0 Å². The summed E-state index contributed by atoms with van der Waals surface area (Å²) < 4.78 is 0. The first kappa shape index (κ1) is 14.1. The molecule has 1 aromatic carbocycles. The van der Waals surface area contributed by atoms with Crippen LogP contribution in [0.25, 0.3) is 0 Å². The van der Waals surface area contributed by atoms with E-state index in [0.717, 1.165) is 37.2 Å². The van der Waals surface area contributed by atoms with Crippen molar-refractivity contribution in [2.24, 2.45) is 0 Å². The van der Waals surface area contributed by atoms with Gasteiger partial charge in [0.2, 0.25) is 0 Å². The van der Waals surface area contributed by atoms with Crippen LogP contribution in [0.5, 0.6) is 0 Å². The van der Waals surface area contributed by atoms with Gasteiger partial charge in [-0.05, 0) is 24.5 Å². The number of nitro groups is 1. The van der Waals surface area contributed by atoms with Crippen molar-refractivity contribution < 1.29 is 4.92 Å². The lowest BCUT2D eigenvalue weighted by molar-refractivity contribution is -0.384. The van der Waals surface area contributed by atoms with Gasteiger partial charge in [0, 0.05) is 25.0 Å². The highest BCUT2D eigenvalue weighted by Gasteiger charge is 2.20. The smallest absolute Gasteiger partial charge is 0.292 e. The molecule has 104 valence electrons. The molecule has 0 unspecified atom stereocenters. The number of hydrogen-bond acceptors (Lipinski definition) is 3. The van der Waals surface area contributed by atoms with E-state index >= 15 is 0 Å². The van der Waals surface area contributed by atoms with E-state index in [1.165, 1.54) is 19.3 Å². The lowest BCUT2D eigenvalue weighted by Gasteiger charge is -2.26. The molecule has 0 saturated carbocycles. The molecule has 0 amide bonds. The monoisotopic (exact) mass is 282 g/mol. The number of nitrogens with zero attached hydrogens (tertiary/aromatic N) is 2. The number of benzene rings is 1. The first-order valence-electron chi connectivity index (χ1n) is 6.80. The van der Waals surface area contributed by atoms with E-state index in [0.29, 0.717) is 5.88 Å². The number of alkyl halides is 1. The molecule has 0 atom stereocenters. The maximum absolute atomic E-state index is 11.2. The second-order valence-electron chi connectivity index (χ2n) is 4.97. The average molecular weight is 283 g/mol. The Kier molecular flexibility index (Phi) is 5.02. The van der Waals surface area contributed by atoms with Crippen LogP contribution in [0.3, 0.4) is 0 Å². The summed E-state index contributed by atoms with van der Waals surface area (Å²) in [5.74, 6) is 0.307. The zero-order valence-electron chi connectivity index (χ0n) is 11.0. The van der Waals surface area contributed by atoms with Crippen molar-refractivity contribution >= 4 is 23.0 Å². The summed E-state index contributed by atoms with van der Waals surface area (Å²) in [5, 5.41) is 11.2. The minimum atomic E-state index is -0.301. The first-order valence-corrected chi connectivity index (χ1v) is 7.34. The number of hydrogen-bond donors (Lipinski definition) is 0. The van der Waals surface area contributed by atoms with E-state index in [-0.39, 0.29) is 10.6 Å². The fourth-order valence-electron chi connectivity index (χ4n) is 2.55. The van der Waals surface area contributed by atoms with Crippen molar-refractivity contribution in [3.8, 4) is 0 Å². The van der Waals surface area contributed by atoms with Gasteiger partial charge in [-0.25, -0.2) is 0 Å². The van der Waals surface area contributed by atoms with Crippen molar-refractivity contribution in [3.05, 3.63) is 33.9 Å². The summed E-state index contributed by atoms with van der Waals surface area (Å²) in [6, 6.07) is 5.33. The van der Waals surface area contributed by atoms with Crippen LogP contribution in [0.2, 0.25) is 0 Å². The van der Waals surface area contributed by atoms with E-state index in [4.69, 9.17) is 11.6 Å². The molecule has 5 heteroatoms. The van der Waals surface area contributed by atoms with Gasteiger partial charge >= 0.3 is 0 Å². The third kappa shape index (κ3) is 3.60. The number of rotatable bonds is 3. The molecule has 0 aromatic heterocycles. The second-order valence-corrected chi connectivity index (χ2v) is 5.24. The van der Waals surface area contributed by atoms with Gasteiger partial charge in [0.05, 0.1) is 4.92 Å². The molecular formula is C14H19ClN2O2. The molecule has 1 aliphatic rings. The Morgan fingerprint density at radius 2 is 1.79 bits per heavy atom. The summed E-state index contributed by atoms with van der Waals surface area (Å²) in [6.45, 7) is 1.81. The Morgan fingerprint density at radius 3 is 2.37 bits per heavy atom. The molecule has 4 nitrogen and oxygen atoms in total. The van der Waals surface area contributed by atoms with E-state index in [1.54, 1.807) is 6.07 Å². The maximum atomic E-state index is 11.2. The Bertz CT molecular complexity index is 443. The van der Waals surface area contributed by atoms with E-state index in [2.05, 4.69) is 4.90 Å². The maximum Gasteiger partial charge on any atom is 0.292 e. The highest BCUT2D eigenvalue weighted by atomic mass is 35.5. The largest absolute Gasteiger partial charge is 0.366 e. The fraction of sp³-hybridized carbons (Fsp3) is 0.571. The predicted octanol–water partition coefficient (Wildman–Crippen LogP) is 4.10. The third-order valence-corrected chi connectivity index (χ3v) is 3.90. The minimum Gasteiger partial charge on any atom is -0.366 e. The van der Waals surface area contributed by atoms with Crippen molar-refractivity contribution in [1.82, 2.24) is 0 Å². The van der Waals surface area contributed by atoms with Gasteiger partial charge in [-0.3, -0.25) is 10.1 Å². The molecule has 1 heterocycles. The van der Waals surface area contributed by atoms with Gasteiger partial charge in [0.1, 0.15) is 5.69 Å². The van der Waals surface area contributed by atoms with E-state index < -0.39 is 0 Å². The predicted molar refractivity (Wildman–Crippen MR) is 78.0 cm³/mol. The molecule has 2 rings (SSSR count). The molecule has 0 bridgehead atoms. The minimum absolute atomic E-state index is 0.179. The topological polar surface area (TPSA) is 46.4 Å². The average Bonchev–Trinajstić information content (AvgIpc) is 2.38. The third-order valence-electron chi connectivity index (χ3n) is 3.59.